The van der Waals surface area contributed by atoms with E-state index in [1.165, 1.54) is 19.2 Å². The van der Waals surface area contributed by atoms with Gasteiger partial charge in [0.05, 0.1) is 4.90 Å². The van der Waals surface area contributed by atoms with E-state index in [1.54, 1.807) is 30.6 Å². The number of carbonyl (C=O) groups is 1. The van der Waals surface area contributed by atoms with Crippen LogP contribution in [0.1, 0.15) is 11.1 Å². The first-order valence-electron chi connectivity index (χ1n) is 6.52. The number of benzene rings is 1. The number of carbonyl (C=O) groups excluding carboxylic acids is 1. The van der Waals surface area contributed by atoms with Crippen molar-refractivity contribution >= 4 is 33.3 Å². The van der Waals surface area contributed by atoms with Gasteiger partial charge in [0, 0.05) is 29.2 Å². The fraction of sp³-hybridized carbons (Fsp3) is 0.0667. The van der Waals surface area contributed by atoms with Crippen LogP contribution >= 0.6 is 0 Å². The molecule has 1 aliphatic heterocycles. The lowest BCUT2D eigenvalue weighted by Gasteiger charge is -2.05. The molecule has 0 spiro atoms. The third-order valence-electron chi connectivity index (χ3n) is 3.35. The Balaban J connectivity index is 2.13. The number of rotatable bonds is 3. The molecule has 1 amide bonds. The standard InChI is InChI=1S/C15H13N3O3S/c1-16-22(20,21)11-4-5-14-12(8-11)13(15(19)18-14)7-10-3-2-6-17-9-10/h2-9,16H,1H3,(H,18,19). The van der Waals surface area contributed by atoms with Gasteiger partial charge in [0.15, 0.2) is 0 Å². The average molecular weight is 315 g/mol. The van der Waals surface area contributed by atoms with Crippen molar-refractivity contribution in [1.82, 2.24) is 9.71 Å². The van der Waals surface area contributed by atoms with Crippen LogP contribution in [0, 0.1) is 0 Å². The topological polar surface area (TPSA) is 88.2 Å². The number of nitrogens with one attached hydrogen (secondary N) is 2. The minimum atomic E-state index is -3.56. The molecule has 3 rings (SSSR count). The number of anilines is 1. The van der Waals surface area contributed by atoms with Crippen molar-refractivity contribution in [2.45, 2.75) is 4.90 Å². The van der Waals surface area contributed by atoms with Crippen LogP contribution in [0.15, 0.2) is 47.6 Å². The molecule has 2 aromatic rings. The van der Waals surface area contributed by atoms with E-state index in [0.717, 1.165) is 5.56 Å². The summed E-state index contributed by atoms with van der Waals surface area (Å²) in [7, 11) is -2.22. The molecule has 0 saturated carbocycles. The molecule has 0 bridgehead atoms. The monoisotopic (exact) mass is 315 g/mol. The summed E-state index contributed by atoms with van der Waals surface area (Å²) >= 11 is 0. The van der Waals surface area contributed by atoms with Crippen LogP contribution in [0.2, 0.25) is 0 Å². The van der Waals surface area contributed by atoms with Crippen LogP contribution in [0.25, 0.3) is 11.6 Å². The number of amides is 1. The molecule has 22 heavy (non-hydrogen) atoms. The van der Waals surface area contributed by atoms with Gasteiger partial charge in [-0.15, -0.1) is 0 Å². The number of hydrogen-bond donors (Lipinski definition) is 2. The van der Waals surface area contributed by atoms with Gasteiger partial charge in [-0.1, -0.05) is 6.07 Å². The molecule has 0 aliphatic carbocycles. The predicted molar refractivity (Wildman–Crippen MR) is 83.4 cm³/mol. The lowest BCUT2D eigenvalue weighted by Crippen LogP contribution is -2.18. The molecule has 112 valence electrons. The third kappa shape index (κ3) is 2.51. The van der Waals surface area contributed by atoms with Gasteiger partial charge in [0.1, 0.15) is 0 Å². The molecule has 6 nitrogen and oxygen atoms in total. The number of nitrogens with zero attached hydrogens (tertiary/aromatic N) is 1. The maximum absolute atomic E-state index is 12.1. The van der Waals surface area contributed by atoms with Crippen LogP contribution < -0.4 is 10.0 Å². The smallest absolute Gasteiger partial charge is 0.256 e. The zero-order valence-electron chi connectivity index (χ0n) is 11.7. The molecule has 0 saturated heterocycles. The van der Waals surface area contributed by atoms with Gasteiger partial charge in [-0.2, -0.15) is 0 Å². The SMILES string of the molecule is CNS(=O)(=O)c1ccc2c(c1)C(=Cc1cccnc1)C(=O)N2. The van der Waals surface area contributed by atoms with E-state index in [2.05, 4.69) is 15.0 Å². The number of pyridine rings is 1. The minimum absolute atomic E-state index is 0.113. The van der Waals surface area contributed by atoms with Crippen molar-refractivity contribution in [1.29, 1.82) is 0 Å². The van der Waals surface area contributed by atoms with Gasteiger partial charge in [0.2, 0.25) is 10.0 Å². The highest BCUT2D eigenvalue weighted by Crippen LogP contribution is 2.34. The number of hydrogen-bond acceptors (Lipinski definition) is 4. The number of fused-ring (bicyclic) bond motifs is 1. The Morgan fingerprint density at radius 2 is 2.09 bits per heavy atom. The Kier molecular flexibility index (Phi) is 3.51. The Hall–Kier alpha value is -2.51. The van der Waals surface area contributed by atoms with Gasteiger partial charge in [-0.05, 0) is 43.0 Å². The molecule has 0 unspecified atom stereocenters. The van der Waals surface area contributed by atoms with E-state index in [4.69, 9.17) is 0 Å². The summed E-state index contributed by atoms with van der Waals surface area (Å²) in [6, 6.07) is 8.11. The fourth-order valence-corrected chi connectivity index (χ4v) is 2.98. The van der Waals surface area contributed by atoms with Crippen LogP contribution in [0.5, 0.6) is 0 Å². The van der Waals surface area contributed by atoms with Gasteiger partial charge in [-0.25, -0.2) is 13.1 Å². The molecule has 0 fully saturated rings. The Morgan fingerprint density at radius 3 is 2.77 bits per heavy atom. The van der Waals surface area contributed by atoms with E-state index in [-0.39, 0.29) is 10.8 Å². The zero-order chi connectivity index (χ0) is 15.7. The first kappa shape index (κ1) is 14.4. The second-order valence-electron chi connectivity index (χ2n) is 4.71. The highest BCUT2D eigenvalue weighted by molar-refractivity contribution is 7.89. The first-order valence-corrected chi connectivity index (χ1v) is 8.00. The van der Waals surface area contributed by atoms with Crippen molar-refractivity contribution < 1.29 is 13.2 Å². The Labute approximate surface area is 127 Å². The van der Waals surface area contributed by atoms with Crippen molar-refractivity contribution in [3.63, 3.8) is 0 Å². The van der Waals surface area contributed by atoms with Gasteiger partial charge >= 0.3 is 0 Å². The molecule has 0 radical (unpaired) electrons. The molecule has 0 atom stereocenters. The van der Waals surface area contributed by atoms with Crippen LogP contribution in [-0.4, -0.2) is 26.4 Å². The highest BCUT2D eigenvalue weighted by Gasteiger charge is 2.26. The summed E-state index contributed by atoms with van der Waals surface area (Å²) in [5.74, 6) is -0.266. The normalized spacial score (nSPS) is 15.7. The van der Waals surface area contributed by atoms with Crippen LogP contribution in [0.4, 0.5) is 5.69 Å². The molecular formula is C15H13N3O3S. The van der Waals surface area contributed by atoms with Gasteiger partial charge in [0.25, 0.3) is 5.91 Å². The fourth-order valence-electron chi connectivity index (χ4n) is 2.22. The zero-order valence-corrected chi connectivity index (χ0v) is 12.5. The van der Waals surface area contributed by atoms with E-state index < -0.39 is 10.0 Å². The van der Waals surface area contributed by atoms with E-state index >= 15 is 0 Å². The quantitative estimate of drug-likeness (QED) is 0.840. The molecule has 1 aliphatic rings. The Morgan fingerprint density at radius 1 is 1.27 bits per heavy atom. The third-order valence-corrected chi connectivity index (χ3v) is 4.76. The summed E-state index contributed by atoms with van der Waals surface area (Å²) < 4.78 is 26.1. The van der Waals surface area contributed by atoms with Crippen molar-refractivity contribution in [2.24, 2.45) is 0 Å². The number of aromatic nitrogens is 1. The molecule has 7 heteroatoms. The molecule has 2 heterocycles. The number of sulfonamides is 1. The summed E-state index contributed by atoms with van der Waals surface area (Å²) in [5, 5.41) is 2.72. The second kappa shape index (κ2) is 5.36. The largest absolute Gasteiger partial charge is 0.321 e. The predicted octanol–water partition coefficient (Wildman–Crippen LogP) is 1.48. The average Bonchev–Trinajstić information content (AvgIpc) is 2.83. The van der Waals surface area contributed by atoms with Crippen LogP contribution in [-0.2, 0) is 14.8 Å². The first-order chi connectivity index (χ1) is 10.5. The molecule has 1 aromatic carbocycles. The summed E-state index contributed by atoms with van der Waals surface area (Å²) in [6.07, 6.45) is 4.96. The summed E-state index contributed by atoms with van der Waals surface area (Å²) in [6.45, 7) is 0. The second-order valence-corrected chi connectivity index (χ2v) is 6.60. The van der Waals surface area contributed by atoms with Crippen molar-refractivity contribution in [3.8, 4) is 0 Å². The van der Waals surface area contributed by atoms with E-state index in [1.807, 2.05) is 6.07 Å². The maximum atomic E-state index is 12.1. The van der Waals surface area contributed by atoms with Gasteiger partial charge < -0.3 is 5.32 Å². The van der Waals surface area contributed by atoms with E-state index in [0.29, 0.717) is 16.8 Å². The van der Waals surface area contributed by atoms with Crippen LogP contribution in [0.3, 0.4) is 0 Å². The molecule has 2 N–H and O–H groups in total. The lowest BCUT2D eigenvalue weighted by molar-refractivity contribution is -0.110. The van der Waals surface area contributed by atoms with E-state index in [9.17, 15) is 13.2 Å². The van der Waals surface area contributed by atoms with Crippen molar-refractivity contribution in [2.75, 3.05) is 12.4 Å². The van der Waals surface area contributed by atoms with Gasteiger partial charge in [-0.3, -0.25) is 9.78 Å². The summed E-state index contributed by atoms with van der Waals surface area (Å²) in [5.41, 5.74) is 2.33. The van der Waals surface area contributed by atoms with Crippen molar-refractivity contribution in [3.05, 3.63) is 53.9 Å². The summed E-state index contributed by atoms with van der Waals surface area (Å²) in [4.78, 5) is 16.2. The Bertz CT molecular complexity index is 874. The molecular weight excluding hydrogens is 302 g/mol. The highest BCUT2D eigenvalue weighted by atomic mass is 32.2. The minimum Gasteiger partial charge on any atom is -0.321 e. The lowest BCUT2D eigenvalue weighted by atomic mass is 10.0. The maximum Gasteiger partial charge on any atom is 0.256 e. The molecule has 1 aromatic heterocycles.